The van der Waals surface area contributed by atoms with E-state index in [-0.39, 0.29) is 11.9 Å². The maximum atomic E-state index is 13.3. The number of nitrogens with one attached hydrogen (secondary N) is 1. The highest BCUT2D eigenvalue weighted by molar-refractivity contribution is 7.99. The summed E-state index contributed by atoms with van der Waals surface area (Å²) in [6.45, 7) is 7.57. The molecule has 0 saturated carbocycles. The van der Waals surface area contributed by atoms with Crippen LogP contribution in [0.1, 0.15) is 45.2 Å². The van der Waals surface area contributed by atoms with E-state index in [0.29, 0.717) is 5.25 Å². The van der Waals surface area contributed by atoms with E-state index in [0.717, 1.165) is 24.3 Å². The van der Waals surface area contributed by atoms with Crippen LogP contribution in [0, 0.1) is 5.82 Å². The van der Waals surface area contributed by atoms with Crippen LogP contribution in [-0.2, 0) is 0 Å². The van der Waals surface area contributed by atoms with Gasteiger partial charge in [0.2, 0.25) is 0 Å². The van der Waals surface area contributed by atoms with E-state index in [1.165, 1.54) is 12.5 Å². The summed E-state index contributed by atoms with van der Waals surface area (Å²) in [5, 5.41) is 4.16. The molecule has 0 heterocycles. The van der Waals surface area contributed by atoms with Gasteiger partial charge in [0.25, 0.3) is 0 Å². The van der Waals surface area contributed by atoms with E-state index in [9.17, 15) is 4.39 Å². The minimum absolute atomic E-state index is 0.149. The Morgan fingerprint density at radius 2 is 2.11 bits per heavy atom. The minimum Gasteiger partial charge on any atom is -0.309 e. The maximum absolute atomic E-state index is 13.3. The molecule has 0 saturated heterocycles. The highest BCUT2D eigenvalue weighted by Gasteiger charge is 2.12. The van der Waals surface area contributed by atoms with E-state index < -0.39 is 0 Å². The fourth-order valence-electron chi connectivity index (χ4n) is 1.69. The molecule has 0 aliphatic heterocycles. The maximum Gasteiger partial charge on any atom is 0.123 e. The van der Waals surface area contributed by atoms with Crippen molar-refractivity contribution in [1.82, 2.24) is 5.32 Å². The molecule has 102 valence electrons. The van der Waals surface area contributed by atoms with Gasteiger partial charge in [0, 0.05) is 17.0 Å². The lowest BCUT2D eigenvalue weighted by atomic mass is 10.1. The Labute approximate surface area is 115 Å². The Morgan fingerprint density at radius 3 is 2.72 bits per heavy atom. The number of hydrogen-bond donors (Lipinski definition) is 1. The smallest absolute Gasteiger partial charge is 0.123 e. The Balaban J connectivity index is 2.65. The second kappa shape index (κ2) is 8.54. The third kappa shape index (κ3) is 5.40. The summed E-state index contributed by atoms with van der Waals surface area (Å²) in [5.41, 5.74) is 1.05. The first-order valence-electron chi connectivity index (χ1n) is 6.77. The van der Waals surface area contributed by atoms with Gasteiger partial charge in [-0.25, -0.2) is 4.39 Å². The van der Waals surface area contributed by atoms with Gasteiger partial charge in [0.15, 0.2) is 0 Å². The average Bonchev–Trinajstić information content (AvgIpc) is 2.38. The van der Waals surface area contributed by atoms with E-state index in [4.69, 9.17) is 0 Å². The van der Waals surface area contributed by atoms with Crippen LogP contribution in [0.25, 0.3) is 0 Å². The molecule has 0 amide bonds. The average molecular weight is 269 g/mol. The van der Waals surface area contributed by atoms with Gasteiger partial charge >= 0.3 is 0 Å². The lowest BCUT2D eigenvalue weighted by molar-refractivity contribution is 0.567. The van der Waals surface area contributed by atoms with E-state index in [1.54, 1.807) is 12.1 Å². The molecular formula is C15H24FNS. The molecule has 1 aromatic rings. The van der Waals surface area contributed by atoms with Gasteiger partial charge in [-0.2, -0.15) is 11.8 Å². The third-order valence-corrected chi connectivity index (χ3v) is 4.44. The van der Waals surface area contributed by atoms with Crippen molar-refractivity contribution in [1.29, 1.82) is 0 Å². The molecule has 1 rings (SSSR count). The summed E-state index contributed by atoms with van der Waals surface area (Å²) < 4.78 is 13.3. The lowest BCUT2D eigenvalue weighted by Gasteiger charge is -2.20. The van der Waals surface area contributed by atoms with Crippen molar-refractivity contribution >= 4 is 11.8 Å². The predicted octanol–water partition coefficient (Wildman–Crippen LogP) is 4.40. The summed E-state index contributed by atoms with van der Waals surface area (Å²) in [7, 11) is 0. The molecule has 0 aliphatic carbocycles. The third-order valence-electron chi connectivity index (χ3n) is 3.01. The number of rotatable bonds is 8. The molecule has 0 aliphatic rings. The van der Waals surface area contributed by atoms with Crippen LogP contribution in [0.3, 0.4) is 0 Å². The van der Waals surface area contributed by atoms with Gasteiger partial charge in [-0.3, -0.25) is 0 Å². The number of hydrogen-bond acceptors (Lipinski definition) is 2. The van der Waals surface area contributed by atoms with Gasteiger partial charge in [-0.1, -0.05) is 32.9 Å². The standard InChI is InChI=1S/C15H24FNS/c1-4-9-17-15(11-18-12(3)5-2)13-7-6-8-14(16)10-13/h6-8,10,12,15,17H,4-5,9,11H2,1-3H3. The molecule has 0 spiro atoms. The first-order chi connectivity index (χ1) is 8.67. The molecule has 0 fully saturated rings. The fraction of sp³-hybridized carbons (Fsp3) is 0.600. The lowest BCUT2D eigenvalue weighted by Crippen LogP contribution is -2.24. The Morgan fingerprint density at radius 1 is 1.33 bits per heavy atom. The van der Waals surface area contributed by atoms with Gasteiger partial charge < -0.3 is 5.32 Å². The van der Waals surface area contributed by atoms with Crippen molar-refractivity contribution in [2.75, 3.05) is 12.3 Å². The number of thioether (sulfide) groups is 1. The zero-order chi connectivity index (χ0) is 13.4. The van der Waals surface area contributed by atoms with Crippen LogP contribution < -0.4 is 5.32 Å². The van der Waals surface area contributed by atoms with Crippen molar-refractivity contribution in [3.63, 3.8) is 0 Å². The largest absolute Gasteiger partial charge is 0.309 e. The molecular weight excluding hydrogens is 245 g/mol. The zero-order valence-electron chi connectivity index (χ0n) is 11.6. The first kappa shape index (κ1) is 15.5. The molecule has 3 heteroatoms. The van der Waals surface area contributed by atoms with Gasteiger partial charge in [-0.05, 0) is 37.1 Å². The molecule has 1 N–H and O–H groups in total. The topological polar surface area (TPSA) is 12.0 Å². The highest BCUT2D eigenvalue weighted by Crippen LogP contribution is 2.23. The second-order valence-corrected chi connectivity index (χ2v) is 6.09. The van der Waals surface area contributed by atoms with Crippen LogP contribution in [0.2, 0.25) is 0 Å². The normalized spacial score (nSPS) is 14.4. The minimum atomic E-state index is -0.149. The summed E-state index contributed by atoms with van der Waals surface area (Å²) in [6, 6.07) is 7.19. The summed E-state index contributed by atoms with van der Waals surface area (Å²) >= 11 is 1.95. The second-order valence-electron chi connectivity index (χ2n) is 4.61. The SMILES string of the molecule is CCCNC(CSC(C)CC)c1cccc(F)c1. The van der Waals surface area contributed by atoms with Crippen LogP contribution in [0.5, 0.6) is 0 Å². The van der Waals surface area contributed by atoms with Crippen LogP contribution >= 0.6 is 11.8 Å². The predicted molar refractivity (Wildman–Crippen MR) is 79.6 cm³/mol. The quantitative estimate of drug-likeness (QED) is 0.751. The van der Waals surface area contributed by atoms with E-state index in [1.807, 2.05) is 17.8 Å². The molecule has 0 bridgehead atoms. The number of halogens is 1. The van der Waals surface area contributed by atoms with Crippen molar-refractivity contribution in [2.45, 2.75) is 44.9 Å². The van der Waals surface area contributed by atoms with Crippen LogP contribution in [-0.4, -0.2) is 17.5 Å². The van der Waals surface area contributed by atoms with Crippen molar-refractivity contribution in [3.8, 4) is 0 Å². The Hall–Kier alpha value is -0.540. The Kier molecular flexibility index (Phi) is 7.36. The molecule has 2 unspecified atom stereocenters. The molecule has 1 nitrogen and oxygen atoms in total. The molecule has 2 atom stereocenters. The molecule has 0 radical (unpaired) electrons. The first-order valence-corrected chi connectivity index (χ1v) is 7.82. The van der Waals surface area contributed by atoms with Gasteiger partial charge in [0.05, 0.1) is 0 Å². The van der Waals surface area contributed by atoms with Crippen molar-refractivity contribution in [2.24, 2.45) is 0 Å². The summed E-state index contributed by atoms with van der Waals surface area (Å²) in [5.74, 6) is 0.850. The van der Waals surface area contributed by atoms with Crippen LogP contribution in [0.4, 0.5) is 4.39 Å². The van der Waals surface area contributed by atoms with Crippen molar-refractivity contribution in [3.05, 3.63) is 35.6 Å². The van der Waals surface area contributed by atoms with E-state index in [2.05, 4.69) is 26.1 Å². The molecule has 1 aromatic carbocycles. The monoisotopic (exact) mass is 269 g/mol. The van der Waals surface area contributed by atoms with Crippen molar-refractivity contribution < 1.29 is 4.39 Å². The highest BCUT2D eigenvalue weighted by atomic mass is 32.2. The summed E-state index contributed by atoms with van der Waals surface area (Å²) in [6.07, 6.45) is 2.27. The Bertz CT molecular complexity index is 343. The molecule has 0 aromatic heterocycles. The van der Waals surface area contributed by atoms with E-state index >= 15 is 0 Å². The zero-order valence-corrected chi connectivity index (χ0v) is 12.4. The number of benzene rings is 1. The van der Waals surface area contributed by atoms with Crippen LogP contribution in [0.15, 0.2) is 24.3 Å². The van der Waals surface area contributed by atoms with Gasteiger partial charge in [0.1, 0.15) is 5.82 Å². The fourth-order valence-corrected chi connectivity index (χ4v) is 2.76. The summed E-state index contributed by atoms with van der Waals surface area (Å²) in [4.78, 5) is 0. The molecule has 18 heavy (non-hydrogen) atoms. The van der Waals surface area contributed by atoms with Gasteiger partial charge in [-0.15, -0.1) is 0 Å².